The molecule has 0 atom stereocenters. The normalized spacial score (nSPS) is 15.5. The molecule has 28 heavy (non-hydrogen) atoms. The maximum atomic E-state index is 12.9. The van der Waals surface area contributed by atoms with Gasteiger partial charge in [-0.1, -0.05) is 30.7 Å². The number of ether oxygens (including phenoxy) is 1. The molecule has 0 aliphatic carbocycles. The Morgan fingerprint density at radius 3 is 2.29 bits per heavy atom. The lowest BCUT2D eigenvalue weighted by Gasteiger charge is -2.26. The van der Waals surface area contributed by atoms with Crippen LogP contribution in [0.1, 0.15) is 41.5 Å². The van der Waals surface area contributed by atoms with Crippen LogP contribution in [0.5, 0.6) is 5.75 Å². The minimum Gasteiger partial charge on any atom is -0.497 e. The lowest BCUT2D eigenvalue weighted by Crippen LogP contribution is -2.29. The molecule has 0 amide bonds. The van der Waals surface area contributed by atoms with Crippen LogP contribution in [0, 0.1) is 13.8 Å². The van der Waals surface area contributed by atoms with Gasteiger partial charge in [-0.15, -0.1) is 0 Å². The van der Waals surface area contributed by atoms with Crippen molar-refractivity contribution in [2.24, 2.45) is 0 Å². The summed E-state index contributed by atoms with van der Waals surface area (Å²) in [5.74, 6) is 0.666. The number of hydrogen-bond acceptors (Lipinski definition) is 4. The Morgan fingerprint density at radius 2 is 1.64 bits per heavy atom. The molecule has 5 nitrogen and oxygen atoms in total. The molecule has 0 radical (unpaired) electrons. The van der Waals surface area contributed by atoms with E-state index in [1.807, 2.05) is 12.1 Å². The first-order valence-electron chi connectivity index (χ1n) is 9.84. The Bertz CT molecular complexity index is 896. The van der Waals surface area contributed by atoms with Gasteiger partial charge in [0.25, 0.3) is 0 Å². The van der Waals surface area contributed by atoms with Gasteiger partial charge in [0.2, 0.25) is 10.0 Å². The van der Waals surface area contributed by atoms with Crippen LogP contribution in [0.3, 0.4) is 0 Å². The highest BCUT2D eigenvalue weighted by Gasteiger charge is 2.20. The zero-order valence-corrected chi connectivity index (χ0v) is 17.8. The van der Waals surface area contributed by atoms with Crippen molar-refractivity contribution in [3.8, 4) is 5.75 Å². The number of nitrogens with zero attached hydrogens (tertiary/aromatic N) is 1. The maximum absolute atomic E-state index is 12.9. The average Bonchev–Trinajstić information content (AvgIpc) is 2.67. The monoisotopic (exact) mass is 402 g/mol. The van der Waals surface area contributed by atoms with Gasteiger partial charge in [0.1, 0.15) is 5.75 Å². The van der Waals surface area contributed by atoms with Crippen LogP contribution < -0.4 is 9.46 Å². The molecule has 1 aliphatic rings. The summed E-state index contributed by atoms with van der Waals surface area (Å²) < 4.78 is 33.8. The molecule has 0 spiro atoms. The fourth-order valence-corrected chi connectivity index (χ4v) is 5.38. The molecular weight excluding hydrogens is 372 g/mol. The van der Waals surface area contributed by atoms with E-state index < -0.39 is 10.0 Å². The van der Waals surface area contributed by atoms with Crippen molar-refractivity contribution < 1.29 is 13.2 Å². The van der Waals surface area contributed by atoms with Gasteiger partial charge in [-0.05, 0) is 74.2 Å². The van der Waals surface area contributed by atoms with Crippen molar-refractivity contribution in [3.05, 3.63) is 58.7 Å². The van der Waals surface area contributed by atoms with Crippen LogP contribution in [0.2, 0.25) is 0 Å². The third-order valence-corrected chi connectivity index (χ3v) is 6.96. The van der Waals surface area contributed by atoms with Crippen molar-refractivity contribution in [1.29, 1.82) is 0 Å². The minimum atomic E-state index is -3.60. The summed E-state index contributed by atoms with van der Waals surface area (Å²) in [5.41, 5.74) is 3.57. The molecule has 0 bridgehead atoms. The van der Waals surface area contributed by atoms with Gasteiger partial charge in [-0.3, -0.25) is 4.90 Å². The maximum Gasteiger partial charge on any atom is 0.241 e. The third kappa shape index (κ3) is 5.13. The van der Waals surface area contributed by atoms with E-state index in [1.165, 1.54) is 24.8 Å². The summed E-state index contributed by atoms with van der Waals surface area (Å²) in [5, 5.41) is 0. The first-order chi connectivity index (χ1) is 13.4. The lowest BCUT2D eigenvalue weighted by molar-refractivity contribution is 0.221. The van der Waals surface area contributed by atoms with Crippen LogP contribution >= 0.6 is 0 Å². The highest BCUT2D eigenvalue weighted by Crippen LogP contribution is 2.25. The third-order valence-electron chi connectivity index (χ3n) is 5.25. The minimum absolute atomic E-state index is 0.279. The van der Waals surface area contributed by atoms with Crippen molar-refractivity contribution in [3.63, 3.8) is 0 Å². The van der Waals surface area contributed by atoms with E-state index in [4.69, 9.17) is 4.74 Å². The molecule has 2 aromatic rings. The number of likely N-dealkylation sites (tertiary alicyclic amines) is 1. The van der Waals surface area contributed by atoms with E-state index in [-0.39, 0.29) is 6.54 Å². The average molecular weight is 403 g/mol. The zero-order chi connectivity index (χ0) is 20.1. The van der Waals surface area contributed by atoms with Crippen molar-refractivity contribution in [2.45, 2.75) is 51.1 Å². The molecule has 6 heteroatoms. The number of rotatable bonds is 7. The van der Waals surface area contributed by atoms with Crippen molar-refractivity contribution in [1.82, 2.24) is 9.62 Å². The first kappa shape index (κ1) is 20.8. The predicted molar refractivity (Wildman–Crippen MR) is 112 cm³/mol. The van der Waals surface area contributed by atoms with Crippen LogP contribution in [-0.2, 0) is 23.1 Å². The van der Waals surface area contributed by atoms with Gasteiger partial charge in [0.05, 0.1) is 12.0 Å². The Balaban J connectivity index is 1.70. The summed E-state index contributed by atoms with van der Waals surface area (Å²) >= 11 is 0. The summed E-state index contributed by atoms with van der Waals surface area (Å²) in [6, 6.07) is 11.7. The SMILES string of the molecule is COc1cc(C)c(S(=O)(=O)NCc2cccc(CN3CCCCC3)c2)c(C)c1. The number of benzene rings is 2. The van der Waals surface area contributed by atoms with Crippen LogP contribution in [0.15, 0.2) is 41.3 Å². The number of nitrogens with one attached hydrogen (secondary N) is 1. The Labute approximate surface area is 168 Å². The smallest absolute Gasteiger partial charge is 0.241 e. The molecular formula is C22H30N2O3S. The van der Waals surface area contributed by atoms with Crippen LogP contribution in [0.25, 0.3) is 0 Å². The number of aryl methyl sites for hydroxylation is 2. The van der Waals surface area contributed by atoms with E-state index in [0.29, 0.717) is 21.8 Å². The summed E-state index contributed by atoms with van der Waals surface area (Å²) in [7, 11) is -2.02. The first-order valence-corrected chi connectivity index (χ1v) is 11.3. The molecule has 0 aromatic heterocycles. The second-order valence-corrected chi connectivity index (χ2v) is 9.28. The molecule has 0 saturated carbocycles. The predicted octanol–water partition coefficient (Wildman–Crippen LogP) is 3.78. The number of hydrogen-bond donors (Lipinski definition) is 1. The molecule has 1 heterocycles. The number of sulfonamides is 1. The van der Waals surface area contributed by atoms with E-state index in [9.17, 15) is 8.42 Å². The summed E-state index contributed by atoms with van der Waals surface area (Å²) in [6.45, 7) is 7.09. The molecule has 1 saturated heterocycles. The highest BCUT2D eigenvalue weighted by molar-refractivity contribution is 7.89. The molecule has 1 aliphatic heterocycles. The van der Waals surface area contributed by atoms with Crippen molar-refractivity contribution in [2.75, 3.05) is 20.2 Å². The molecule has 0 unspecified atom stereocenters. The fourth-order valence-electron chi connectivity index (χ4n) is 3.92. The lowest BCUT2D eigenvalue weighted by atomic mass is 10.1. The molecule has 2 aromatic carbocycles. The van der Waals surface area contributed by atoms with Gasteiger partial charge in [0, 0.05) is 13.1 Å². The number of methoxy groups -OCH3 is 1. The van der Waals surface area contributed by atoms with Crippen LogP contribution in [0.4, 0.5) is 0 Å². The highest BCUT2D eigenvalue weighted by atomic mass is 32.2. The van der Waals surface area contributed by atoms with Gasteiger partial charge in [-0.2, -0.15) is 0 Å². The summed E-state index contributed by atoms with van der Waals surface area (Å²) in [6.07, 6.45) is 3.85. The molecule has 3 rings (SSSR count). The van der Waals surface area contributed by atoms with E-state index >= 15 is 0 Å². The van der Waals surface area contributed by atoms with Gasteiger partial charge in [-0.25, -0.2) is 13.1 Å². The Hall–Kier alpha value is -1.89. The van der Waals surface area contributed by atoms with E-state index in [2.05, 4.69) is 21.8 Å². The van der Waals surface area contributed by atoms with E-state index in [1.54, 1.807) is 33.1 Å². The second kappa shape index (κ2) is 9.07. The fraction of sp³-hybridized carbons (Fsp3) is 0.455. The largest absolute Gasteiger partial charge is 0.497 e. The number of piperidine rings is 1. The topological polar surface area (TPSA) is 58.6 Å². The Morgan fingerprint density at radius 1 is 1.00 bits per heavy atom. The van der Waals surface area contributed by atoms with Crippen LogP contribution in [-0.4, -0.2) is 33.5 Å². The van der Waals surface area contributed by atoms with Gasteiger partial charge < -0.3 is 4.74 Å². The molecule has 1 fully saturated rings. The van der Waals surface area contributed by atoms with Crippen molar-refractivity contribution >= 4 is 10.0 Å². The Kier molecular flexibility index (Phi) is 6.75. The molecule has 152 valence electrons. The summed E-state index contributed by atoms with van der Waals surface area (Å²) in [4.78, 5) is 2.80. The standard InChI is InChI=1S/C22H30N2O3S/c1-17-12-21(27-3)13-18(2)22(17)28(25,26)23-15-19-8-7-9-20(14-19)16-24-10-5-4-6-11-24/h7-9,12-14,23H,4-6,10-11,15-16H2,1-3H3. The van der Waals surface area contributed by atoms with Gasteiger partial charge in [0.15, 0.2) is 0 Å². The quantitative estimate of drug-likeness (QED) is 0.766. The molecule has 1 N–H and O–H groups in total. The van der Waals surface area contributed by atoms with Gasteiger partial charge >= 0.3 is 0 Å². The second-order valence-electron chi connectivity index (χ2n) is 7.57. The zero-order valence-electron chi connectivity index (χ0n) is 17.0. The van der Waals surface area contributed by atoms with E-state index in [0.717, 1.165) is 25.2 Å².